The highest BCUT2D eigenvalue weighted by molar-refractivity contribution is 5.71. The highest BCUT2D eigenvalue weighted by Gasteiger charge is 2.43. The lowest BCUT2D eigenvalue weighted by molar-refractivity contribution is -0.137. The van der Waals surface area contributed by atoms with Crippen molar-refractivity contribution in [2.75, 3.05) is 6.61 Å². The number of alkyl carbamates (subject to hydrolysis) is 1. The molecule has 0 saturated carbocycles. The van der Waals surface area contributed by atoms with E-state index in [1.54, 1.807) is 39.0 Å². The zero-order chi connectivity index (χ0) is 27.9. The molecule has 2 unspecified atom stereocenters. The van der Waals surface area contributed by atoms with E-state index < -0.39 is 52.9 Å². The predicted molar refractivity (Wildman–Crippen MR) is 129 cm³/mol. The smallest absolute Gasteiger partial charge is 0.422 e. The average Bonchev–Trinajstić information content (AvgIpc) is 3.53. The third-order valence-corrected chi connectivity index (χ3v) is 5.74. The van der Waals surface area contributed by atoms with Crippen molar-refractivity contribution >= 4 is 6.09 Å². The van der Waals surface area contributed by atoms with Gasteiger partial charge in [0.25, 0.3) is 5.89 Å². The minimum atomic E-state index is -4.81. The van der Waals surface area contributed by atoms with Crippen molar-refractivity contribution in [2.45, 2.75) is 44.7 Å². The summed E-state index contributed by atoms with van der Waals surface area (Å²) in [5.41, 5.74) is -1.30. The van der Waals surface area contributed by atoms with E-state index in [1.807, 2.05) is 0 Å². The van der Waals surface area contributed by atoms with Crippen LogP contribution in [0.1, 0.15) is 38.0 Å². The maximum Gasteiger partial charge on any atom is 0.422 e. The summed E-state index contributed by atoms with van der Waals surface area (Å²) in [4.78, 5) is 16.2. The SMILES string of the molecule is CC(C)(C)OC(=O)NC1COc2cc(-c3noc(-c4onc(-c5ccccc5)c4C(F)(F)F)n3)ccc2C1O. The molecule has 1 aliphatic heterocycles. The maximum absolute atomic E-state index is 14.0. The number of benzene rings is 2. The Morgan fingerprint density at radius 1 is 1.05 bits per heavy atom. The van der Waals surface area contributed by atoms with Gasteiger partial charge in [0, 0.05) is 16.7 Å². The molecule has 0 radical (unpaired) electrons. The third-order valence-electron chi connectivity index (χ3n) is 5.74. The Hall–Kier alpha value is -4.39. The van der Waals surface area contributed by atoms with E-state index in [0.29, 0.717) is 11.1 Å². The van der Waals surface area contributed by atoms with Gasteiger partial charge in [-0.1, -0.05) is 52.8 Å². The van der Waals surface area contributed by atoms with E-state index in [0.717, 1.165) is 0 Å². The van der Waals surface area contributed by atoms with Crippen molar-refractivity contribution in [3.63, 3.8) is 0 Å². The minimum absolute atomic E-state index is 0.0364. The topological polar surface area (TPSA) is 133 Å². The summed E-state index contributed by atoms with van der Waals surface area (Å²) in [5.74, 6) is -0.964. The van der Waals surface area contributed by atoms with Crippen LogP contribution in [0.4, 0.5) is 18.0 Å². The molecule has 0 fully saturated rings. The molecular weight excluding hydrogens is 521 g/mol. The highest BCUT2D eigenvalue weighted by atomic mass is 19.4. The summed E-state index contributed by atoms with van der Waals surface area (Å²) < 4.78 is 63.1. The van der Waals surface area contributed by atoms with Gasteiger partial charge in [-0.2, -0.15) is 18.2 Å². The maximum atomic E-state index is 14.0. The van der Waals surface area contributed by atoms with Gasteiger partial charge in [0.15, 0.2) is 0 Å². The summed E-state index contributed by atoms with van der Waals surface area (Å²) in [5, 5.41) is 20.7. The molecule has 4 aromatic rings. The number of fused-ring (bicyclic) bond motifs is 1. The number of ether oxygens (including phenoxy) is 2. The molecular formula is C26H23F3N4O6. The van der Waals surface area contributed by atoms with Gasteiger partial charge >= 0.3 is 12.3 Å². The number of halogens is 3. The van der Waals surface area contributed by atoms with Crippen molar-refractivity contribution in [3.05, 3.63) is 59.7 Å². The summed E-state index contributed by atoms with van der Waals surface area (Å²) >= 11 is 0. The standard InChI is InChI=1S/C26H23F3N4O6/c1-25(2,3)37-24(35)30-16-12-36-17-11-14(9-10-15(17)20(16)34)22-31-23(39-33-22)21-18(26(27,28)29)19(32-38-21)13-7-5-4-6-8-13/h4-11,16,20,34H,12H2,1-3H3,(H,30,35). The first-order valence-electron chi connectivity index (χ1n) is 11.8. The lowest BCUT2D eigenvalue weighted by Gasteiger charge is -2.31. The van der Waals surface area contributed by atoms with Gasteiger partial charge in [-0.25, -0.2) is 4.79 Å². The Balaban J connectivity index is 1.40. The first-order valence-corrected chi connectivity index (χ1v) is 11.8. The van der Waals surface area contributed by atoms with Crippen LogP contribution in [0, 0.1) is 0 Å². The minimum Gasteiger partial charge on any atom is -0.491 e. The van der Waals surface area contributed by atoms with Crippen LogP contribution in [-0.4, -0.2) is 44.7 Å². The summed E-state index contributed by atoms with van der Waals surface area (Å²) in [7, 11) is 0. The summed E-state index contributed by atoms with van der Waals surface area (Å²) in [6.45, 7) is 5.10. The van der Waals surface area contributed by atoms with E-state index in [4.69, 9.17) is 18.5 Å². The van der Waals surface area contributed by atoms with E-state index in [-0.39, 0.29) is 23.7 Å². The summed E-state index contributed by atoms with van der Waals surface area (Å²) in [6.07, 6.45) is -6.61. The lowest BCUT2D eigenvalue weighted by atomic mass is 9.97. The fraction of sp³-hybridized carbons (Fsp3) is 0.308. The second-order valence-corrected chi connectivity index (χ2v) is 9.78. The fourth-order valence-electron chi connectivity index (χ4n) is 4.03. The predicted octanol–water partition coefficient (Wildman–Crippen LogP) is 5.40. The normalized spacial score (nSPS) is 17.3. The van der Waals surface area contributed by atoms with Crippen LogP contribution in [-0.2, 0) is 10.9 Å². The van der Waals surface area contributed by atoms with Gasteiger partial charge in [0.1, 0.15) is 35.3 Å². The molecule has 5 rings (SSSR count). The number of carbonyl (C=O) groups excluding carboxylic acids is 1. The average molecular weight is 544 g/mol. The summed E-state index contributed by atoms with van der Waals surface area (Å²) in [6, 6.07) is 11.6. The van der Waals surface area contributed by atoms with Crippen LogP contribution in [0.15, 0.2) is 57.6 Å². The number of carbonyl (C=O) groups is 1. The molecule has 3 heterocycles. The van der Waals surface area contributed by atoms with Crippen molar-refractivity contribution in [1.82, 2.24) is 20.6 Å². The van der Waals surface area contributed by atoms with Crippen LogP contribution in [0.5, 0.6) is 5.75 Å². The van der Waals surface area contributed by atoms with Crippen molar-refractivity contribution in [2.24, 2.45) is 0 Å². The molecule has 2 aromatic heterocycles. The Kier molecular flexibility index (Phi) is 6.54. The molecule has 2 aromatic carbocycles. The lowest BCUT2D eigenvalue weighted by Crippen LogP contribution is -2.47. The Labute approximate surface area is 219 Å². The second-order valence-electron chi connectivity index (χ2n) is 9.78. The number of aliphatic hydroxyl groups is 1. The number of aliphatic hydroxyl groups excluding tert-OH is 1. The molecule has 1 aliphatic rings. The largest absolute Gasteiger partial charge is 0.491 e. The highest BCUT2D eigenvalue weighted by Crippen LogP contribution is 2.43. The molecule has 39 heavy (non-hydrogen) atoms. The Bertz CT molecular complexity index is 1490. The fourth-order valence-corrected chi connectivity index (χ4v) is 4.03. The molecule has 2 N–H and O–H groups in total. The molecule has 13 heteroatoms. The number of rotatable bonds is 4. The van der Waals surface area contributed by atoms with E-state index >= 15 is 0 Å². The van der Waals surface area contributed by atoms with Gasteiger partial charge in [-0.15, -0.1) is 0 Å². The van der Waals surface area contributed by atoms with Crippen molar-refractivity contribution < 1.29 is 41.6 Å². The first kappa shape index (κ1) is 26.2. The second kappa shape index (κ2) is 9.73. The van der Waals surface area contributed by atoms with Crippen LogP contribution in [0.25, 0.3) is 34.3 Å². The molecule has 204 valence electrons. The van der Waals surface area contributed by atoms with E-state index in [1.165, 1.54) is 30.3 Å². The zero-order valence-corrected chi connectivity index (χ0v) is 20.9. The molecule has 0 spiro atoms. The number of nitrogens with one attached hydrogen (secondary N) is 1. The third kappa shape index (κ3) is 5.43. The number of nitrogens with zero attached hydrogens (tertiary/aromatic N) is 3. The quantitative estimate of drug-likeness (QED) is 0.347. The first-order chi connectivity index (χ1) is 18.4. The van der Waals surface area contributed by atoms with Crippen LogP contribution in [0.3, 0.4) is 0 Å². The molecule has 0 aliphatic carbocycles. The van der Waals surface area contributed by atoms with Crippen molar-refractivity contribution in [1.29, 1.82) is 0 Å². The Morgan fingerprint density at radius 3 is 2.49 bits per heavy atom. The molecule has 0 saturated heterocycles. The van der Waals surface area contributed by atoms with Gasteiger partial charge < -0.3 is 28.9 Å². The Morgan fingerprint density at radius 2 is 1.79 bits per heavy atom. The molecule has 2 atom stereocenters. The van der Waals surface area contributed by atoms with Crippen LogP contribution >= 0.6 is 0 Å². The van der Waals surface area contributed by atoms with E-state index in [9.17, 15) is 23.1 Å². The number of aromatic nitrogens is 3. The monoisotopic (exact) mass is 544 g/mol. The number of alkyl halides is 3. The number of hydrogen-bond acceptors (Lipinski definition) is 9. The molecule has 10 nitrogen and oxygen atoms in total. The zero-order valence-electron chi connectivity index (χ0n) is 20.9. The number of hydrogen-bond donors (Lipinski definition) is 2. The van der Waals surface area contributed by atoms with Crippen LogP contribution in [0.2, 0.25) is 0 Å². The van der Waals surface area contributed by atoms with Crippen LogP contribution < -0.4 is 10.1 Å². The number of amides is 1. The molecule has 0 bridgehead atoms. The van der Waals surface area contributed by atoms with Crippen molar-refractivity contribution in [3.8, 4) is 40.0 Å². The van der Waals surface area contributed by atoms with Gasteiger partial charge in [0.2, 0.25) is 11.6 Å². The van der Waals surface area contributed by atoms with E-state index in [2.05, 4.69) is 20.6 Å². The van der Waals surface area contributed by atoms with Gasteiger partial charge in [-0.05, 0) is 26.8 Å². The van der Waals surface area contributed by atoms with Gasteiger partial charge in [0.05, 0.1) is 6.04 Å². The molecule has 1 amide bonds. The van der Waals surface area contributed by atoms with Gasteiger partial charge in [-0.3, -0.25) is 0 Å².